The molecule has 15 heavy (non-hydrogen) atoms. The maximum absolute atomic E-state index is 9.12. The van der Waals surface area contributed by atoms with Crippen molar-refractivity contribution in [1.82, 2.24) is 5.32 Å². The number of aliphatic hydroxyl groups excluding tert-OH is 1. The van der Waals surface area contributed by atoms with Crippen LogP contribution in [0.2, 0.25) is 0 Å². The van der Waals surface area contributed by atoms with E-state index in [0.29, 0.717) is 0 Å². The van der Waals surface area contributed by atoms with Crippen molar-refractivity contribution in [1.29, 1.82) is 0 Å². The van der Waals surface area contributed by atoms with Crippen LogP contribution < -0.4 is 5.32 Å². The summed E-state index contributed by atoms with van der Waals surface area (Å²) in [4.78, 5) is 0. The standard InChI is InChI=1S/C13H21NO/c1-10-5-11(2)7-12(6-10)8-14-13(3,4)9-15/h5-7,14-15H,8-9H2,1-4H3. The third kappa shape index (κ3) is 4.02. The van der Waals surface area contributed by atoms with Crippen LogP contribution in [0.5, 0.6) is 0 Å². The zero-order chi connectivity index (χ0) is 11.5. The summed E-state index contributed by atoms with van der Waals surface area (Å²) in [6.07, 6.45) is 0. The van der Waals surface area contributed by atoms with Crippen LogP contribution in [0.25, 0.3) is 0 Å². The number of aliphatic hydroxyl groups is 1. The van der Waals surface area contributed by atoms with Gasteiger partial charge in [-0.1, -0.05) is 29.3 Å². The van der Waals surface area contributed by atoms with Gasteiger partial charge in [0.05, 0.1) is 6.61 Å². The molecule has 0 aromatic heterocycles. The van der Waals surface area contributed by atoms with Crippen molar-refractivity contribution in [2.75, 3.05) is 6.61 Å². The Hall–Kier alpha value is -0.860. The van der Waals surface area contributed by atoms with E-state index in [1.54, 1.807) is 0 Å². The first-order valence-electron chi connectivity index (χ1n) is 5.36. The van der Waals surface area contributed by atoms with Crippen molar-refractivity contribution in [3.8, 4) is 0 Å². The second-order valence-corrected chi connectivity index (χ2v) is 4.89. The molecule has 0 aliphatic carbocycles. The highest BCUT2D eigenvalue weighted by Crippen LogP contribution is 2.10. The molecule has 84 valence electrons. The van der Waals surface area contributed by atoms with E-state index >= 15 is 0 Å². The van der Waals surface area contributed by atoms with Crippen molar-refractivity contribution < 1.29 is 5.11 Å². The number of hydrogen-bond acceptors (Lipinski definition) is 2. The van der Waals surface area contributed by atoms with Gasteiger partial charge in [0.2, 0.25) is 0 Å². The van der Waals surface area contributed by atoms with E-state index in [4.69, 9.17) is 5.11 Å². The van der Waals surface area contributed by atoms with Crippen LogP contribution in [0.1, 0.15) is 30.5 Å². The number of aryl methyl sites for hydroxylation is 2. The van der Waals surface area contributed by atoms with Gasteiger partial charge < -0.3 is 10.4 Å². The summed E-state index contributed by atoms with van der Waals surface area (Å²) in [5, 5.41) is 12.4. The molecule has 1 aromatic carbocycles. The molecule has 0 spiro atoms. The maximum atomic E-state index is 9.12. The molecule has 0 aliphatic heterocycles. The molecule has 1 aromatic rings. The van der Waals surface area contributed by atoms with Crippen molar-refractivity contribution in [2.24, 2.45) is 0 Å². The Bertz CT molecular complexity index is 311. The summed E-state index contributed by atoms with van der Waals surface area (Å²) < 4.78 is 0. The highest BCUT2D eigenvalue weighted by atomic mass is 16.3. The predicted octanol–water partition coefficient (Wildman–Crippen LogP) is 2.16. The van der Waals surface area contributed by atoms with E-state index in [1.807, 2.05) is 13.8 Å². The van der Waals surface area contributed by atoms with Crippen LogP contribution in [-0.2, 0) is 6.54 Å². The first-order valence-corrected chi connectivity index (χ1v) is 5.36. The molecule has 0 saturated heterocycles. The van der Waals surface area contributed by atoms with Gasteiger partial charge in [-0.25, -0.2) is 0 Å². The Balaban J connectivity index is 2.65. The van der Waals surface area contributed by atoms with E-state index in [0.717, 1.165) is 6.54 Å². The Morgan fingerprint density at radius 2 is 1.67 bits per heavy atom. The number of nitrogens with one attached hydrogen (secondary N) is 1. The zero-order valence-electron chi connectivity index (χ0n) is 10.1. The molecule has 0 saturated carbocycles. The van der Waals surface area contributed by atoms with E-state index < -0.39 is 0 Å². The maximum Gasteiger partial charge on any atom is 0.0607 e. The van der Waals surface area contributed by atoms with Gasteiger partial charge in [0.25, 0.3) is 0 Å². The topological polar surface area (TPSA) is 32.3 Å². The van der Waals surface area contributed by atoms with Gasteiger partial charge in [-0.15, -0.1) is 0 Å². The fraction of sp³-hybridized carbons (Fsp3) is 0.538. The summed E-state index contributed by atoms with van der Waals surface area (Å²) >= 11 is 0. The summed E-state index contributed by atoms with van der Waals surface area (Å²) in [7, 11) is 0. The van der Waals surface area contributed by atoms with Crippen molar-refractivity contribution in [3.05, 3.63) is 34.9 Å². The first-order chi connectivity index (χ1) is 6.93. The minimum atomic E-state index is -0.211. The number of hydrogen-bond donors (Lipinski definition) is 2. The van der Waals surface area contributed by atoms with E-state index in [2.05, 4.69) is 37.4 Å². The molecule has 0 bridgehead atoms. The molecular weight excluding hydrogens is 186 g/mol. The van der Waals surface area contributed by atoms with Crippen molar-refractivity contribution in [2.45, 2.75) is 39.8 Å². The minimum absolute atomic E-state index is 0.151. The van der Waals surface area contributed by atoms with Gasteiger partial charge >= 0.3 is 0 Å². The monoisotopic (exact) mass is 207 g/mol. The molecule has 0 radical (unpaired) electrons. The molecule has 0 heterocycles. The van der Waals surface area contributed by atoms with Crippen molar-refractivity contribution in [3.63, 3.8) is 0 Å². The van der Waals surface area contributed by atoms with Crippen LogP contribution in [0.3, 0.4) is 0 Å². The van der Waals surface area contributed by atoms with E-state index in [1.165, 1.54) is 16.7 Å². The fourth-order valence-electron chi connectivity index (χ4n) is 1.57. The second kappa shape index (κ2) is 4.77. The van der Waals surface area contributed by atoms with Gasteiger partial charge in [-0.05, 0) is 33.3 Å². The highest BCUT2D eigenvalue weighted by molar-refractivity contribution is 5.28. The van der Waals surface area contributed by atoms with Crippen molar-refractivity contribution >= 4 is 0 Å². The smallest absolute Gasteiger partial charge is 0.0607 e. The summed E-state index contributed by atoms with van der Waals surface area (Å²) in [6.45, 7) is 9.15. The Labute approximate surface area is 92.3 Å². The van der Waals surface area contributed by atoms with Crippen LogP contribution in [-0.4, -0.2) is 17.3 Å². The molecule has 1 rings (SSSR count). The lowest BCUT2D eigenvalue weighted by atomic mass is 10.0. The van der Waals surface area contributed by atoms with Crippen LogP contribution in [0, 0.1) is 13.8 Å². The van der Waals surface area contributed by atoms with Crippen LogP contribution >= 0.6 is 0 Å². The van der Waals surface area contributed by atoms with Gasteiger partial charge in [-0.2, -0.15) is 0 Å². The molecule has 2 N–H and O–H groups in total. The molecule has 2 nitrogen and oxygen atoms in total. The molecule has 0 amide bonds. The van der Waals surface area contributed by atoms with Crippen LogP contribution in [0.4, 0.5) is 0 Å². The fourth-order valence-corrected chi connectivity index (χ4v) is 1.57. The van der Waals surface area contributed by atoms with Gasteiger partial charge in [0.15, 0.2) is 0 Å². The Kier molecular flexibility index (Phi) is 3.89. The van der Waals surface area contributed by atoms with Gasteiger partial charge in [0.1, 0.15) is 0 Å². The molecule has 0 aliphatic rings. The lowest BCUT2D eigenvalue weighted by molar-refractivity contribution is 0.187. The Morgan fingerprint density at radius 3 is 2.13 bits per heavy atom. The lowest BCUT2D eigenvalue weighted by Gasteiger charge is -2.23. The number of rotatable bonds is 4. The number of benzene rings is 1. The molecular formula is C13H21NO. The molecule has 0 atom stereocenters. The summed E-state index contributed by atoms with van der Waals surface area (Å²) in [5.74, 6) is 0. The quantitative estimate of drug-likeness (QED) is 0.793. The third-order valence-electron chi connectivity index (χ3n) is 2.45. The van der Waals surface area contributed by atoms with E-state index in [-0.39, 0.29) is 12.1 Å². The van der Waals surface area contributed by atoms with E-state index in [9.17, 15) is 0 Å². The average Bonchev–Trinajstić information content (AvgIpc) is 2.14. The predicted molar refractivity (Wildman–Crippen MR) is 63.9 cm³/mol. The minimum Gasteiger partial charge on any atom is -0.394 e. The zero-order valence-corrected chi connectivity index (χ0v) is 10.1. The van der Waals surface area contributed by atoms with Gasteiger partial charge in [-0.3, -0.25) is 0 Å². The summed E-state index contributed by atoms with van der Waals surface area (Å²) in [5.41, 5.74) is 3.63. The third-order valence-corrected chi connectivity index (χ3v) is 2.45. The SMILES string of the molecule is Cc1cc(C)cc(CNC(C)(C)CO)c1. The first kappa shape index (κ1) is 12.2. The Morgan fingerprint density at radius 1 is 1.13 bits per heavy atom. The largest absolute Gasteiger partial charge is 0.394 e. The summed E-state index contributed by atoms with van der Waals surface area (Å²) in [6, 6.07) is 6.52. The van der Waals surface area contributed by atoms with Gasteiger partial charge in [0, 0.05) is 12.1 Å². The lowest BCUT2D eigenvalue weighted by Crippen LogP contribution is -2.42. The van der Waals surface area contributed by atoms with Crippen LogP contribution in [0.15, 0.2) is 18.2 Å². The normalized spacial score (nSPS) is 11.8. The molecule has 0 fully saturated rings. The highest BCUT2D eigenvalue weighted by Gasteiger charge is 2.14. The molecule has 2 heteroatoms. The second-order valence-electron chi connectivity index (χ2n) is 4.89. The molecule has 0 unspecified atom stereocenters. The average molecular weight is 207 g/mol.